The summed E-state index contributed by atoms with van der Waals surface area (Å²) in [5.74, 6) is -0.846. The van der Waals surface area contributed by atoms with Crippen LogP contribution in [0.25, 0.3) is 0 Å². The van der Waals surface area contributed by atoms with E-state index in [-0.39, 0.29) is 5.88 Å². The van der Waals surface area contributed by atoms with E-state index in [0.717, 1.165) is 0 Å². The van der Waals surface area contributed by atoms with Gasteiger partial charge in [-0.25, -0.2) is 0 Å². The van der Waals surface area contributed by atoms with Crippen molar-refractivity contribution in [2.24, 2.45) is 5.73 Å². The van der Waals surface area contributed by atoms with Crippen LogP contribution in [0.1, 0.15) is 0 Å². The molecule has 0 saturated heterocycles. The van der Waals surface area contributed by atoms with Crippen molar-refractivity contribution in [3.05, 3.63) is 0 Å². The van der Waals surface area contributed by atoms with Crippen molar-refractivity contribution >= 4 is 29.1 Å². The van der Waals surface area contributed by atoms with Crippen molar-refractivity contribution in [2.75, 3.05) is 5.88 Å². The molecule has 0 aromatic rings. The molecule has 0 aliphatic heterocycles. The summed E-state index contributed by atoms with van der Waals surface area (Å²) in [5.41, 5.74) is 4.68. The van der Waals surface area contributed by atoms with Gasteiger partial charge in [-0.3, -0.25) is 4.79 Å². The third kappa shape index (κ3) is 2.89. The Labute approximate surface area is 62.7 Å². The van der Waals surface area contributed by atoms with Crippen LogP contribution < -0.4 is 5.73 Å². The Kier molecular flexibility index (Phi) is 3.93. The van der Waals surface area contributed by atoms with E-state index in [1.807, 2.05) is 0 Å². The summed E-state index contributed by atoms with van der Waals surface area (Å²) in [7, 11) is 0. The zero-order valence-corrected chi connectivity index (χ0v) is 6.06. The van der Waals surface area contributed by atoms with E-state index in [9.17, 15) is 4.79 Å². The van der Waals surface area contributed by atoms with Gasteiger partial charge in [-0.05, 0) is 0 Å². The molecule has 54 valence electrons. The second-order valence-electron chi connectivity index (χ2n) is 1.52. The summed E-state index contributed by atoms with van der Waals surface area (Å²) in [6, 6.07) is 0. The first-order valence-electron chi connectivity index (χ1n) is 2.27. The van der Waals surface area contributed by atoms with Crippen molar-refractivity contribution in [3.8, 4) is 0 Å². The number of alkyl halides is 2. The second kappa shape index (κ2) is 3.93. The van der Waals surface area contributed by atoms with Crippen LogP contribution in [0.3, 0.4) is 0 Å². The van der Waals surface area contributed by atoms with E-state index in [0.29, 0.717) is 0 Å². The highest BCUT2D eigenvalue weighted by Gasteiger charge is 2.20. The van der Waals surface area contributed by atoms with Gasteiger partial charge in [-0.1, -0.05) is 0 Å². The Balaban J connectivity index is 3.72. The lowest BCUT2D eigenvalue weighted by molar-refractivity contribution is -0.125. The second-order valence-corrected chi connectivity index (χ2v) is 2.39. The zero-order chi connectivity index (χ0) is 7.44. The van der Waals surface area contributed by atoms with E-state index in [1.165, 1.54) is 0 Å². The van der Waals surface area contributed by atoms with E-state index < -0.39 is 17.4 Å². The van der Waals surface area contributed by atoms with Gasteiger partial charge in [0.15, 0.2) is 0 Å². The van der Waals surface area contributed by atoms with E-state index >= 15 is 0 Å². The molecule has 0 bridgehead atoms. The van der Waals surface area contributed by atoms with Crippen LogP contribution in [-0.4, -0.2) is 28.4 Å². The molecule has 0 aliphatic rings. The van der Waals surface area contributed by atoms with Crippen LogP contribution in [-0.2, 0) is 4.79 Å². The van der Waals surface area contributed by atoms with Crippen molar-refractivity contribution in [3.63, 3.8) is 0 Å². The highest BCUT2D eigenvalue weighted by molar-refractivity contribution is 6.29. The third-order valence-corrected chi connectivity index (χ3v) is 1.66. The Bertz CT molecular complexity index is 109. The molecule has 9 heavy (non-hydrogen) atoms. The number of amides is 1. The van der Waals surface area contributed by atoms with Gasteiger partial charge in [-0.15, -0.1) is 23.2 Å². The quantitative estimate of drug-likeness (QED) is 0.573. The Morgan fingerprint density at radius 2 is 2.22 bits per heavy atom. The Morgan fingerprint density at radius 3 is 2.33 bits per heavy atom. The lowest BCUT2D eigenvalue weighted by atomic mass is 10.3. The number of hydrogen-bond donors (Lipinski definition) is 2. The SMILES string of the molecule is NC(=O)C(O)C(Cl)CCl. The molecule has 0 spiro atoms. The summed E-state index contributed by atoms with van der Waals surface area (Å²) in [6.45, 7) is 0. The zero-order valence-electron chi connectivity index (χ0n) is 4.55. The summed E-state index contributed by atoms with van der Waals surface area (Å²) in [5, 5.41) is 7.92. The van der Waals surface area contributed by atoms with Crippen LogP contribution in [0.4, 0.5) is 0 Å². The number of rotatable bonds is 3. The highest BCUT2D eigenvalue weighted by Crippen LogP contribution is 2.03. The normalized spacial score (nSPS) is 16.8. The molecule has 1 amide bonds. The van der Waals surface area contributed by atoms with Crippen LogP contribution in [0.2, 0.25) is 0 Å². The van der Waals surface area contributed by atoms with Crippen LogP contribution >= 0.6 is 23.2 Å². The van der Waals surface area contributed by atoms with Gasteiger partial charge in [0.25, 0.3) is 0 Å². The summed E-state index contributed by atoms with van der Waals surface area (Å²) in [6.07, 6.45) is -1.34. The number of carbonyl (C=O) groups is 1. The van der Waals surface area contributed by atoms with Gasteiger partial charge in [-0.2, -0.15) is 0 Å². The summed E-state index contributed by atoms with van der Waals surface area (Å²) in [4.78, 5) is 10.1. The van der Waals surface area contributed by atoms with Gasteiger partial charge < -0.3 is 10.8 Å². The van der Waals surface area contributed by atoms with Crippen LogP contribution in [0.15, 0.2) is 0 Å². The molecule has 0 aliphatic carbocycles. The lowest BCUT2D eigenvalue weighted by Crippen LogP contribution is -2.36. The molecular formula is C4H7Cl2NO2. The van der Waals surface area contributed by atoms with Crippen LogP contribution in [0.5, 0.6) is 0 Å². The highest BCUT2D eigenvalue weighted by atomic mass is 35.5. The molecule has 0 fully saturated rings. The van der Waals surface area contributed by atoms with Crippen molar-refractivity contribution in [2.45, 2.75) is 11.5 Å². The average Bonchev–Trinajstić information content (AvgIpc) is 1.84. The minimum absolute atomic E-state index is 0.00562. The maximum Gasteiger partial charge on any atom is 0.247 e. The minimum atomic E-state index is -1.34. The van der Waals surface area contributed by atoms with E-state index in [2.05, 4.69) is 5.73 Å². The first-order chi connectivity index (χ1) is 4.09. The molecule has 0 aromatic heterocycles. The van der Waals surface area contributed by atoms with Gasteiger partial charge in [0.05, 0.1) is 5.38 Å². The molecular weight excluding hydrogens is 165 g/mol. The monoisotopic (exact) mass is 171 g/mol. The first-order valence-corrected chi connectivity index (χ1v) is 3.24. The fourth-order valence-corrected chi connectivity index (χ4v) is 0.556. The van der Waals surface area contributed by atoms with E-state index in [4.69, 9.17) is 28.3 Å². The molecule has 5 heteroatoms. The Hall–Kier alpha value is 0.01000. The number of aliphatic hydroxyl groups is 1. The molecule has 2 atom stereocenters. The molecule has 0 rings (SSSR count). The molecule has 0 aromatic carbocycles. The molecule has 0 heterocycles. The van der Waals surface area contributed by atoms with Crippen molar-refractivity contribution < 1.29 is 9.90 Å². The predicted octanol–water partition coefficient (Wildman–Crippen LogP) is -0.321. The standard InChI is InChI=1S/C4H7Cl2NO2/c5-1-2(6)3(8)4(7)9/h2-3,8H,1H2,(H2,7,9). The number of primary amides is 1. The number of aliphatic hydroxyl groups excluding tert-OH is 1. The van der Waals surface area contributed by atoms with Gasteiger partial charge in [0.2, 0.25) is 5.91 Å². The topological polar surface area (TPSA) is 63.3 Å². The smallest absolute Gasteiger partial charge is 0.247 e. The fourth-order valence-electron chi connectivity index (χ4n) is 0.263. The largest absolute Gasteiger partial charge is 0.382 e. The maximum absolute atomic E-state index is 10.1. The summed E-state index contributed by atoms with van der Waals surface area (Å²) < 4.78 is 0. The predicted molar refractivity (Wildman–Crippen MR) is 35.6 cm³/mol. The molecule has 0 radical (unpaired) electrons. The number of nitrogens with two attached hydrogens (primary N) is 1. The molecule has 0 saturated carbocycles. The number of halogens is 2. The first kappa shape index (κ1) is 9.01. The molecule has 2 unspecified atom stereocenters. The van der Waals surface area contributed by atoms with Gasteiger partial charge in [0.1, 0.15) is 6.10 Å². The molecule has 3 N–H and O–H groups in total. The summed E-state index contributed by atoms with van der Waals surface area (Å²) >= 11 is 10.5. The van der Waals surface area contributed by atoms with E-state index in [1.54, 1.807) is 0 Å². The van der Waals surface area contributed by atoms with Gasteiger partial charge in [0, 0.05) is 5.88 Å². The fraction of sp³-hybridized carbons (Fsp3) is 0.750. The third-order valence-electron chi connectivity index (χ3n) is 0.782. The number of hydrogen-bond acceptors (Lipinski definition) is 2. The van der Waals surface area contributed by atoms with Gasteiger partial charge >= 0.3 is 0 Å². The van der Waals surface area contributed by atoms with Crippen molar-refractivity contribution in [1.29, 1.82) is 0 Å². The van der Waals surface area contributed by atoms with Crippen LogP contribution in [0, 0.1) is 0 Å². The Morgan fingerprint density at radius 1 is 1.78 bits per heavy atom. The van der Waals surface area contributed by atoms with Crippen molar-refractivity contribution in [1.82, 2.24) is 0 Å². The minimum Gasteiger partial charge on any atom is -0.382 e. The average molecular weight is 172 g/mol. The lowest BCUT2D eigenvalue weighted by Gasteiger charge is -2.08. The number of carbonyl (C=O) groups excluding carboxylic acids is 1. The molecule has 3 nitrogen and oxygen atoms in total. The maximum atomic E-state index is 10.1.